The highest BCUT2D eigenvalue weighted by molar-refractivity contribution is 7.09. The number of benzene rings is 1. The summed E-state index contributed by atoms with van der Waals surface area (Å²) in [7, 11) is 0. The van der Waals surface area contributed by atoms with Crippen molar-refractivity contribution in [3.63, 3.8) is 0 Å². The number of imidazole rings is 1. The van der Waals surface area contributed by atoms with E-state index in [2.05, 4.69) is 9.97 Å². The molecule has 0 saturated heterocycles. The summed E-state index contributed by atoms with van der Waals surface area (Å²) in [5, 5.41) is 3.66. The lowest BCUT2D eigenvalue weighted by atomic mass is 10.3. The van der Waals surface area contributed by atoms with Gasteiger partial charge < -0.3 is 4.57 Å². The predicted molar refractivity (Wildman–Crippen MR) is 75.5 cm³/mol. The quantitative estimate of drug-likeness (QED) is 0.686. The molecule has 0 atom stereocenters. The molecule has 3 rings (SSSR count). The lowest BCUT2D eigenvalue weighted by Gasteiger charge is -2.06. The molecule has 3 nitrogen and oxygen atoms in total. The smallest absolute Gasteiger partial charge is 0.125 e. The van der Waals surface area contributed by atoms with E-state index in [0.717, 1.165) is 21.9 Å². The Labute approximate surface area is 118 Å². The van der Waals surface area contributed by atoms with Gasteiger partial charge in [-0.15, -0.1) is 22.9 Å². The highest BCUT2D eigenvalue weighted by Gasteiger charge is 2.13. The summed E-state index contributed by atoms with van der Waals surface area (Å²) in [5.74, 6) is 1.17. The Hall–Kier alpha value is -1.10. The highest BCUT2D eigenvalue weighted by atomic mass is 35.5. The summed E-state index contributed by atoms with van der Waals surface area (Å²) in [4.78, 5) is 8.78. The molecule has 3 aromatic rings. The van der Waals surface area contributed by atoms with Gasteiger partial charge in [0.25, 0.3) is 0 Å². The molecule has 0 aliphatic heterocycles. The van der Waals surface area contributed by atoms with Crippen LogP contribution in [0.4, 0.5) is 0 Å². The van der Waals surface area contributed by atoms with Gasteiger partial charge in [0.2, 0.25) is 0 Å². The fraction of sp³-hybridized carbons (Fsp3) is 0.167. The Morgan fingerprint density at radius 1 is 1.33 bits per heavy atom. The molecule has 0 aliphatic carbocycles. The molecule has 6 heteroatoms. The molecule has 1 aromatic carbocycles. The Morgan fingerprint density at radius 2 is 2.22 bits per heavy atom. The molecule has 0 unspecified atom stereocenters. The zero-order chi connectivity index (χ0) is 12.5. The van der Waals surface area contributed by atoms with Crippen LogP contribution in [0.15, 0.2) is 29.8 Å². The van der Waals surface area contributed by atoms with Crippen LogP contribution in [0.3, 0.4) is 0 Å². The Balaban J connectivity index is 2.19. The maximum absolute atomic E-state index is 6.25. The largest absolute Gasteiger partial charge is 0.319 e. The van der Waals surface area contributed by atoms with Gasteiger partial charge >= 0.3 is 0 Å². The van der Waals surface area contributed by atoms with Crippen LogP contribution in [0.5, 0.6) is 0 Å². The Morgan fingerprint density at radius 3 is 2.94 bits per heavy atom. The first-order valence-electron chi connectivity index (χ1n) is 5.37. The third-order valence-electron chi connectivity index (χ3n) is 2.69. The molecule has 2 aromatic heterocycles. The number of alkyl halides is 1. The van der Waals surface area contributed by atoms with Crippen molar-refractivity contribution >= 4 is 45.6 Å². The number of nitrogens with zero attached hydrogens (tertiary/aromatic N) is 3. The van der Waals surface area contributed by atoms with Crippen molar-refractivity contribution in [2.45, 2.75) is 12.4 Å². The van der Waals surface area contributed by atoms with E-state index in [4.69, 9.17) is 23.2 Å². The Bertz CT molecular complexity index is 676. The van der Waals surface area contributed by atoms with Crippen molar-refractivity contribution in [1.29, 1.82) is 0 Å². The second kappa shape index (κ2) is 4.88. The topological polar surface area (TPSA) is 30.7 Å². The maximum atomic E-state index is 6.25. The van der Waals surface area contributed by atoms with Gasteiger partial charge in [-0.25, -0.2) is 9.97 Å². The molecule has 92 valence electrons. The van der Waals surface area contributed by atoms with Crippen molar-refractivity contribution in [3.05, 3.63) is 45.6 Å². The average molecular weight is 298 g/mol. The third-order valence-corrected chi connectivity index (χ3v) is 4.00. The van der Waals surface area contributed by atoms with Crippen LogP contribution in [0, 0.1) is 0 Å². The van der Waals surface area contributed by atoms with Crippen LogP contribution in [0.1, 0.15) is 10.8 Å². The number of hydrogen-bond acceptors (Lipinski definition) is 3. The van der Waals surface area contributed by atoms with Gasteiger partial charge in [0.1, 0.15) is 10.8 Å². The highest BCUT2D eigenvalue weighted by Crippen LogP contribution is 2.26. The fourth-order valence-corrected chi connectivity index (χ4v) is 3.01. The van der Waals surface area contributed by atoms with E-state index in [1.165, 1.54) is 0 Å². The van der Waals surface area contributed by atoms with Crippen molar-refractivity contribution in [2.75, 3.05) is 0 Å². The van der Waals surface area contributed by atoms with Gasteiger partial charge in [0.15, 0.2) is 0 Å². The summed E-state index contributed by atoms with van der Waals surface area (Å²) in [6, 6.07) is 5.70. The van der Waals surface area contributed by atoms with E-state index in [9.17, 15) is 0 Å². The van der Waals surface area contributed by atoms with Crippen molar-refractivity contribution in [1.82, 2.24) is 14.5 Å². The number of thiazole rings is 1. The van der Waals surface area contributed by atoms with E-state index in [-0.39, 0.29) is 0 Å². The first kappa shape index (κ1) is 12.0. The van der Waals surface area contributed by atoms with Gasteiger partial charge in [-0.2, -0.15) is 0 Å². The molecule has 0 N–H and O–H groups in total. The lowest BCUT2D eigenvalue weighted by molar-refractivity contribution is 0.773. The number of fused-ring (bicyclic) bond motifs is 1. The van der Waals surface area contributed by atoms with E-state index in [0.29, 0.717) is 17.4 Å². The summed E-state index contributed by atoms with van der Waals surface area (Å²) in [6.45, 7) is 0.653. The van der Waals surface area contributed by atoms with Crippen LogP contribution in [-0.4, -0.2) is 14.5 Å². The molecule has 0 amide bonds. The number of aromatic nitrogens is 3. The maximum Gasteiger partial charge on any atom is 0.125 e. The lowest BCUT2D eigenvalue weighted by Crippen LogP contribution is -2.03. The van der Waals surface area contributed by atoms with Crippen LogP contribution in [-0.2, 0) is 12.4 Å². The van der Waals surface area contributed by atoms with Gasteiger partial charge in [-0.1, -0.05) is 17.7 Å². The number of rotatable bonds is 3. The minimum absolute atomic E-state index is 0.358. The summed E-state index contributed by atoms with van der Waals surface area (Å²) < 4.78 is 2.03. The number of hydrogen-bond donors (Lipinski definition) is 0. The molecule has 2 heterocycles. The minimum atomic E-state index is 0.358. The molecule has 0 spiro atoms. The zero-order valence-corrected chi connectivity index (χ0v) is 11.6. The molecule has 0 bridgehead atoms. The van der Waals surface area contributed by atoms with Gasteiger partial charge in [-0.05, 0) is 12.1 Å². The predicted octanol–water partition coefficient (Wildman–Crippen LogP) is 3.93. The molecule has 0 fully saturated rings. The second-order valence-corrected chi connectivity index (χ2v) is 5.43. The summed E-state index contributed by atoms with van der Waals surface area (Å²) in [5.41, 5.74) is 1.79. The first-order valence-corrected chi connectivity index (χ1v) is 7.17. The number of halogens is 2. The van der Waals surface area contributed by atoms with Gasteiger partial charge in [0, 0.05) is 11.6 Å². The fourth-order valence-electron chi connectivity index (χ4n) is 1.93. The number of para-hydroxylation sites is 1. The monoisotopic (exact) mass is 297 g/mol. The van der Waals surface area contributed by atoms with Crippen LogP contribution in [0.2, 0.25) is 5.02 Å². The molecule has 0 aliphatic rings. The van der Waals surface area contributed by atoms with Crippen molar-refractivity contribution in [3.8, 4) is 0 Å². The zero-order valence-electron chi connectivity index (χ0n) is 9.31. The van der Waals surface area contributed by atoms with E-state index in [1.54, 1.807) is 17.5 Å². The van der Waals surface area contributed by atoms with Crippen molar-refractivity contribution < 1.29 is 0 Å². The van der Waals surface area contributed by atoms with Gasteiger partial charge in [0.05, 0.1) is 28.5 Å². The third kappa shape index (κ3) is 2.00. The first-order chi connectivity index (χ1) is 8.79. The van der Waals surface area contributed by atoms with E-state index >= 15 is 0 Å². The minimum Gasteiger partial charge on any atom is -0.319 e. The van der Waals surface area contributed by atoms with Crippen LogP contribution in [0.25, 0.3) is 11.0 Å². The summed E-state index contributed by atoms with van der Waals surface area (Å²) >= 11 is 13.8. The SMILES string of the molecule is ClCc1nc2cccc(Cl)c2n1Cc1nccs1. The molecule has 0 saturated carbocycles. The average Bonchev–Trinajstić information content (AvgIpc) is 2.98. The standard InChI is InChI=1S/C12H9Cl2N3S/c13-6-10-16-9-3-1-2-8(14)12(9)17(10)7-11-15-4-5-18-11/h1-5H,6-7H2. The molecule has 0 radical (unpaired) electrons. The van der Waals surface area contributed by atoms with Gasteiger partial charge in [-0.3, -0.25) is 0 Å². The van der Waals surface area contributed by atoms with E-state index in [1.807, 2.05) is 28.1 Å². The van der Waals surface area contributed by atoms with Crippen molar-refractivity contribution in [2.24, 2.45) is 0 Å². The second-order valence-electron chi connectivity index (χ2n) is 3.78. The molecular weight excluding hydrogens is 289 g/mol. The van der Waals surface area contributed by atoms with Crippen LogP contribution < -0.4 is 0 Å². The molecule has 18 heavy (non-hydrogen) atoms. The van der Waals surface area contributed by atoms with Crippen LogP contribution >= 0.6 is 34.5 Å². The van der Waals surface area contributed by atoms with E-state index < -0.39 is 0 Å². The Kier molecular flexibility index (Phi) is 3.24. The normalized spacial score (nSPS) is 11.2. The molecular formula is C12H9Cl2N3S. The summed E-state index contributed by atoms with van der Waals surface area (Å²) in [6.07, 6.45) is 1.79.